The Kier molecular flexibility index (Phi) is 2.97. The minimum absolute atomic E-state index is 0.00534. The molecule has 1 fully saturated rings. The van der Waals surface area contributed by atoms with Crippen molar-refractivity contribution in [2.45, 2.75) is 19.4 Å². The van der Waals surface area contributed by atoms with Crippen LogP contribution in [0.3, 0.4) is 0 Å². The van der Waals surface area contributed by atoms with Gasteiger partial charge in [-0.3, -0.25) is 9.79 Å². The molecule has 1 saturated heterocycles. The molecule has 0 saturated carbocycles. The maximum absolute atomic E-state index is 12.6. The first-order chi connectivity index (χ1) is 9.63. The minimum atomic E-state index is -0.0716. The second-order valence-corrected chi connectivity index (χ2v) is 4.97. The molecule has 3 rings (SSSR count). The molecule has 5 heteroatoms. The Labute approximate surface area is 117 Å². The van der Waals surface area contributed by atoms with Gasteiger partial charge < -0.3 is 14.7 Å². The van der Waals surface area contributed by atoms with Gasteiger partial charge in [-0.25, -0.2) is 0 Å². The minimum Gasteiger partial charge on any atom is -0.504 e. The number of phenolic OH excluding ortho intramolecular Hbond substituents is 1. The van der Waals surface area contributed by atoms with Crippen molar-refractivity contribution in [2.24, 2.45) is 4.99 Å². The van der Waals surface area contributed by atoms with Crippen molar-refractivity contribution in [3.8, 4) is 11.5 Å². The predicted molar refractivity (Wildman–Crippen MR) is 76.0 cm³/mol. The van der Waals surface area contributed by atoms with Crippen LogP contribution in [0.25, 0.3) is 0 Å². The Morgan fingerprint density at radius 1 is 1.50 bits per heavy atom. The summed E-state index contributed by atoms with van der Waals surface area (Å²) in [5.74, 6) is 0.209. The highest BCUT2D eigenvalue weighted by atomic mass is 16.5. The van der Waals surface area contributed by atoms with E-state index >= 15 is 0 Å². The van der Waals surface area contributed by atoms with E-state index in [1.165, 1.54) is 18.7 Å². The number of rotatable bonds is 1. The van der Waals surface area contributed by atoms with Crippen LogP contribution in [0.15, 0.2) is 28.8 Å². The molecule has 104 valence electrons. The van der Waals surface area contributed by atoms with E-state index < -0.39 is 0 Å². The number of aromatic hydroxyl groups is 1. The highest BCUT2D eigenvalue weighted by Gasteiger charge is 2.34. The molecule has 0 unspecified atom stereocenters. The Morgan fingerprint density at radius 3 is 3.00 bits per heavy atom. The number of nitrogens with zero attached hydrogens (tertiary/aromatic N) is 2. The number of fused-ring (bicyclic) bond motifs is 2. The number of amides is 1. The first-order valence-electron chi connectivity index (χ1n) is 6.54. The van der Waals surface area contributed by atoms with Crippen molar-refractivity contribution in [3.05, 3.63) is 29.3 Å². The summed E-state index contributed by atoms with van der Waals surface area (Å²) in [6.07, 6.45) is 4.66. The SMILES string of the molecule is C/C=C1\C[C@H]2C=Nc3cc(O)c(OC)cc3C(=O)N2C1. The first-order valence-corrected chi connectivity index (χ1v) is 6.54. The summed E-state index contributed by atoms with van der Waals surface area (Å²) in [5, 5.41) is 9.79. The fraction of sp³-hybridized carbons (Fsp3) is 0.333. The Bertz CT molecular complexity index is 634. The topological polar surface area (TPSA) is 62.1 Å². The van der Waals surface area contributed by atoms with Gasteiger partial charge in [-0.2, -0.15) is 0 Å². The first kappa shape index (κ1) is 12.7. The maximum atomic E-state index is 12.6. The molecule has 1 amide bonds. The van der Waals surface area contributed by atoms with Gasteiger partial charge in [0.15, 0.2) is 11.5 Å². The third kappa shape index (κ3) is 1.86. The third-order valence-corrected chi connectivity index (χ3v) is 3.83. The van der Waals surface area contributed by atoms with Crippen LogP contribution < -0.4 is 4.74 Å². The summed E-state index contributed by atoms with van der Waals surface area (Å²) in [6, 6.07) is 3.02. The standard InChI is InChI=1S/C15H16N2O3/c1-3-9-4-10-7-16-12-6-13(18)14(20-2)5-11(12)15(19)17(10)8-9/h3,5-7,10,18H,4,8H2,1-2H3/b9-3+/t10-/m0/s1. The van der Waals surface area contributed by atoms with Gasteiger partial charge in [0.05, 0.1) is 24.4 Å². The summed E-state index contributed by atoms with van der Waals surface area (Å²) >= 11 is 0. The fourth-order valence-corrected chi connectivity index (χ4v) is 2.66. The van der Waals surface area contributed by atoms with E-state index in [0.29, 0.717) is 17.8 Å². The third-order valence-electron chi connectivity index (χ3n) is 3.83. The van der Waals surface area contributed by atoms with E-state index in [1.54, 1.807) is 17.2 Å². The lowest BCUT2D eigenvalue weighted by molar-refractivity contribution is 0.0777. The number of benzene rings is 1. The lowest BCUT2D eigenvalue weighted by Crippen LogP contribution is -2.35. The van der Waals surface area contributed by atoms with Crippen LogP contribution >= 0.6 is 0 Å². The van der Waals surface area contributed by atoms with Gasteiger partial charge in [0.2, 0.25) is 0 Å². The van der Waals surface area contributed by atoms with E-state index in [1.807, 2.05) is 13.0 Å². The van der Waals surface area contributed by atoms with Crippen molar-refractivity contribution < 1.29 is 14.6 Å². The maximum Gasteiger partial charge on any atom is 0.257 e. The second-order valence-electron chi connectivity index (χ2n) is 4.97. The van der Waals surface area contributed by atoms with Gasteiger partial charge in [-0.05, 0) is 19.4 Å². The molecule has 1 aromatic rings. The van der Waals surface area contributed by atoms with Crippen molar-refractivity contribution in [1.82, 2.24) is 4.90 Å². The lowest BCUT2D eigenvalue weighted by atomic mass is 10.1. The number of methoxy groups -OCH3 is 1. The largest absolute Gasteiger partial charge is 0.504 e. The van der Waals surface area contributed by atoms with Crippen molar-refractivity contribution >= 4 is 17.8 Å². The molecule has 0 aliphatic carbocycles. The van der Waals surface area contributed by atoms with Crippen LogP contribution in [-0.4, -0.2) is 41.8 Å². The summed E-state index contributed by atoms with van der Waals surface area (Å²) in [5.41, 5.74) is 2.20. The van der Waals surface area contributed by atoms with Crippen molar-refractivity contribution in [3.63, 3.8) is 0 Å². The number of hydrogen-bond acceptors (Lipinski definition) is 4. The molecule has 20 heavy (non-hydrogen) atoms. The number of aliphatic imine (C=N–C) groups is 1. The van der Waals surface area contributed by atoms with Gasteiger partial charge >= 0.3 is 0 Å². The van der Waals surface area contributed by atoms with Gasteiger partial charge in [0.25, 0.3) is 5.91 Å². The van der Waals surface area contributed by atoms with Crippen LogP contribution in [0, 0.1) is 0 Å². The van der Waals surface area contributed by atoms with Crippen LogP contribution in [0.4, 0.5) is 5.69 Å². The molecule has 2 aliphatic rings. The zero-order valence-corrected chi connectivity index (χ0v) is 11.5. The highest BCUT2D eigenvalue weighted by molar-refractivity contribution is 6.03. The van der Waals surface area contributed by atoms with Crippen LogP contribution in [0.5, 0.6) is 11.5 Å². The molecule has 0 spiro atoms. The summed E-state index contributed by atoms with van der Waals surface area (Å²) < 4.78 is 5.07. The van der Waals surface area contributed by atoms with Crippen molar-refractivity contribution in [2.75, 3.05) is 13.7 Å². The van der Waals surface area contributed by atoms with E-state index in [4.69, 9.17) is 4.74 Å². The molecule has 2 heterocycles. The van der Waals surface area contributed by atoms with E-state index in [0.717, 1.165) is 6.42 Å². The number of ether oxygens (including phenoxy) is 1. The molecule has 1 N–H and O–H groups in total. The summed E-state index contributed by atoms with van der Waals surface area (Å²) in [6.45, 7) is 2.62. The average Bonchev–Trinajstić information content (AvgIpc) is 2.83. The second kappa shape index (κ2) is 4.67. The van der Waals surface area contributed by atoms with Crippen LogP contribution in [-0.2, 0) is 0 Å². The number of phenols is 1. The normalized spacial score (nSPS) is 22.7. The van der Waals surface area contributed by atoms with E-state index in [9.17, 15) is 9.90 Å². The fourth-order valence-electron chi connectivity index (χ4n) is 2.66. The molecular weight excluding hydrogens is 256 g/mol. The number of carbonyl (C=O) groups is 1. The average molecular weight is 272 g/mol. The van der Waals surface area contributed by atoms with Gasteiger partial charge in [0, 0.05) is 18.8 Å². The summed E-state index contributed by atoms with van der Waals surface area (Å²) in [4.78, 5) is 18.8. The van der Waals surface area contributed by atoms with Crippen LogP contribution in [0.1, 0.15) is 23.7 Å². The molecule has 0 aromatic heterocycles. The summed E-state index contributed by atoms with van der Waals surface area (Å²) in [7, 11) is 1.46. The molecule has 5 nitrogen and oxygen atoms in total. The lowest BCUT2D eigenvalue weighted by Gasteiger charge is -2.19. The molecule has 0 bridgehead atoms. The Morgan fingerprint density at radius 2 is 2.30 bits per heavy atom. The molecular formula is C15H16N2O3. The van der Waals surface area contributed by atoms with E-state index in [2.05, 4.69) is 4.99 Å². The molecule has 1 atom stereocenters. The quantitative estimate of drug-likeness (QED) is 0.798. The van der Waals surface area contributed by atoms with Gasteiger partial charge in [-0.15, -0.1) is 0 Å². The van der Waals surface area contributed by atoms with Crippen molar-refractivity contribution in [1.29, 1.82) is 0 Å². The number of hydrogen-bond donors (Lipinski definition) is 1. The Balaban J connectivity index is 2.07. The smallest absolute Gasteiger partial charge is 0.257 e. The predicted octanol–water partition coefficient (Wildman–Crippen LogP) is 2.28. The molecule has 2 aliphatic heterocycles. The monoisotopic (exact) mass is 272 g/mol. The molecule has 0 radical (unpaired) electrons. The zero-order valence-electron chi connectivity index (χ0n) is 11.5. The van der Waals surface area contributed by atoms with Crippen LogP contribution in [0.2, 0.25) is 0 Å². The number of allylic oxidation sites excluding steroid dienone is 1. The van der Waals surface area contributed by atoms with Gasteiger partial charge in [0.1, 0.15) is 0 Å². The van der Waals surface area contributed by atoms with Gasteiger partial charge in [-0.1, -0.05) is 11.6 Å². The number of carbonyl (C=O) groups excluding carboxylic acids is 1. The zero-order chi connectivity index (χ0) is 14.3. The highest BCUT2D eigenvalue weighted by Crippen LogP contribution is 2.37. The Hall–Kier alpha value is -2.30. The molecule has 1 aromatic carbocycles. The van der Waals surface area contributed by atoms with E-state index in [-0.39, 0.29) is 23.4 Å².